The number of nitrogens with one attached hydrogen (secondary N) is 1. The molecule has 3 aromatic rings. The maximum atomic E-state index is 12.7. The van der Waals surface area contributed by atoms with Crippen LogP contribution in [0.2, 0.25) is 0 Å². The van der Waals surface area contributed by atoms with Crippen LogP contribution in [0.1, 0.15) is 20.7 Å². The molecule has 0 saturated carbocycles. The van der Waals surface area contributed by atoms with Crippen molar-refractivity contribution >= 4 is 38.9 Å². The van der Waals surface area contributed by atoms with Gasteiger partial charge in [0, 0.05) is 12.7 Å². The van der Waals surface area contributed by atoms with Gasteiger partial charge in [0.1, 0.15) is 0 Å². The van der Waals surface area contributed by atoms with Crippen molar-refractivity contribution in [2.24, 2.45) is 10.2 Å². The SMILES string of the molecule is CN1C(=O)c2ccc(S(=O)(=O)Nc3ccc(N=Nc4ccccc4)cc3)cc2C1=O. The Hall–Kier alpha value is -3.85. The summed E-state index contributed by atoms with van der Waals surface area (Å²) >= 11 is 0. The number of hydrogen-bond acceptors (Lipinski definition) is 6. The molecular weight excluding hydrogens is 404 g/mol. The average Bonchev–Trinajstić information content (AvgIpc) is 2.97. The van der Waals surface area contributed by atoms with Gasteiger partial charge < -0.3 is 0 Å². The fourth-order valence-corrected chi connectivity index (χ4v) is 4.01. The number of amides is 2. The number of hydrogen-bond donors (Lipinski definition) is 1. The molecule has 0 aromatic heterocycles. The van der Waals surface area contributed by atoms with Gasteiger partial charge in [-0.3, -0.25) is 19.2 Å². The lowest BCUT2D eigenvalue weighted by Crippen LogP contribution is -2.24. The number of fused-ring (bicyclic) bond motifs is 1. The third kappa shape index (κ3) is 3.70. The summed E-state index contributed by atoms with van der Waals surface area (Å²) in [4.78, 5) is 24.9. The smallest absolute Gasteiger partial charge is 0.261 e. The molecule has 1 aliphatic rings. The molecule has 4 rings (SSSR count). The summed E-state index contributed by atoms with van der Waals surface area (Å²) in [7, 11) is -2.59. The third-order valence-corrected chi connectivity index (χ3v) is 5.91. The first kappa shape index (κ1) is 19.5. The molecular formula is C21H16N4O4S. The van der Waals surface area contributed by atoms with E-state index in [1.165, 1.54) is 25.2 Å². The summed E-state index contributed by atoms with van der Waals surface area (Å²) in [5.74, 6) is -0.979. The van der Waals surface area contributed by atoms with Crippen LogP contribution in [0.3, 0.4) is 0 Å². The highest BCUT2D eigenvalue weighted by atomic mass is 32.2. The Balaban J connectivity index is 1.52. The zero-order valence-electron chi connectivity index (χ0n) is 15.8. The molecule has 0 unspecified atom stereocenters. The third-order valence-electron chi connectivity index (χ3n) is 4.53. The lowest BCUT2D eigenvalue weighted by molar-refractivity contribution is 0.0693. The summed E-state index contributed by atoms with van der Waals surface area (Å²) in [6.45, 7) is 0. The van der Waals surface area contributed by atoms with Gasteiger partial charge in [0.2, 0.25) is 0 Å². The topological polar surface area (TPSA) is 108 Å². The molecule has 3 aromatic carbocycles. The second-order valence-electron chi connectivity index (χ2n) is 6.56. The van der Waals surface area contributed by atoms with E-state index in [1.807, 2.05) is 30.3 Å². The van der Waals surface area contributed by atoms with Crippen molar-refractivity contribution in [2.75, 3.05) is 11.8 Å². The van der Waals surface area contributed by atoms with E-state index < -0.39 is 21.8 Å². The molecule has 0 atom stereocenters. The fourth-order valence-electron chi connectivity index (χ4n) is 2.93. The predicted octanol–water partition coefficient (Wildman–Crippen LogP) is 4.13. The maximum Gasteiger partial charge on any atom is 0.261 e. The highest BCUT2D eigenvalue weighted by molar-refractivity contribution is 7.92. The standard InChI is InChI=1S/C21H16N4O4S/c1-25-20(26)18-12-11-17(13-19(18)21(25)27)30(28,29)24-16-9-7-15(8-10-16)23-22-14-5-3-2-4-6-14/h2-13,24H,1H3. The molecule has 30 heavy (non-hydrogen) atoms. The van der Waals surface area contributed by atoms with Crippen molar-refractivity contribution in [2.45, 2.75) is 4.90 Å². The first-order chi connectivity index (χ1) is 14.3. The molecule has 150 valence electrons. The van der Waals surface area contributed by atoms with Crippen LogP contribution in [0.25, 0.3) is 0 Å². The van der Waals surface area contributed by atoms with Gasteiger partial charge in [-0.2, -0.15) is 10.2 Å². The fraction of sp³-hybridized carbons (Fsp3) is 0.0476. The van der Waals surface area contributed by atoms with Crippen LogP contribution in [0.15, 0.2) is 87.9 Å². The number of anilines is 1. The van der Waals surface area contributed by atoms with E-state index in [1.54, 1.807) is 24.3 Å². The van der Waals surface area contributed by atoms with E-state index in [0.717, 1.165) is 4.90 Å². The van der Waals surface area contributed by atoms with E-state index in [-0.39, 0.29) is 16.0 Å². The quantitative estimate of drug-likeness (QED) is 0.494. The molecule has 8 nitrogen and oxygen atoms in total. The zero-order chi connectivity index (χ0) is 21.3. The van der Waals surface area contributed by atoms with Gasteiger partial charge in [-0.05, 0) is 54.6 Å². The van der Waals surface area contributed by atoms with Crippen LogP contribution in [0, 0.1) is 0 Å². The van der Waals surface area contributed by atoms with E-state index in [4.69, 9.17) is 0 Å². The summed E-state index contributed by atoms with van der Waals surface area (Å²) in [6.07, 6.45) is 0. The molecule has 1 heterocycles. The van der Waals surface area contributed by atoms with Crippen molar-refractivity contribution in [3.8, 4) is 0 Å². The number of rotatable bonds is 5. The van der Waals surface area contributed by atoms with Crippen LogP contribution in [-0.2, 0) is 10.0 Å². The molecule has 0 spiro atoms. The van der Waals surface area contributed by atoms with Crippen LogP contribution in [-0.4, -0.2) is 32.2 Å². The highest BCUT2D eigenvalue weighted by Gasteiger charge is 2.33. The minimum Gasteiger partial charge on any atom is -0.280 e. The number of carbonyl (C=O) groups excluding carboxylic acids is 2. The van der Waals surface area contributed by atoms with E-state index in [9.17, 15) is 18.0 Å². The van der Waals surface area contributed by atoms with Crippen molar-refractivity contribution < 1.29 is 18.0 Å². The van der Waals surface area contributed by atoms with Gasteiger partial charge in [0.15, 0.2) is 0 Å². The van der Waals surface area contributed by atoms with Gasteiger partial charge in [0.25, 0.3) is 21.8 Å². The first-order valence-electron chi connectivity index (χ1n) is 8.91. The molecule has 0 fully saturated rings. The van der Waals surface area contributed by atoms with E-state index in [0.29, 0.717) is 17.1 Å². The van der Waals surface area contributed by atoms with E-state index in [2.05, 4.69) is 15.0 Å². The van der Waals surface area contributed by atoms with Gasteiger partial charge in [-0.15, -0.1) is 0 Å². The lowest BCUT2D eigenvalue weighted by atomic mass is 10.1. The Labute approximate surface area is 172 Å². The Morgan fingerprint density at radius 3 is 2.03 bits per heavy atom. The zero-order valence-corrected chi connectivity index (χ0v) is 16.6. The second-order valence-corrected chi connectivity index (χ2v) is 8.25. The summed E-state index contributed by atoms with van der Waals surface area (Å²) in [6, 6.07) is 19.5. The number of nitrogens with zero attached hydrogens (tertiary/aromatic N) is 3. The lowest BCUT2D eigenvalue weighted by Gasteiger charge is -2.09. The normalized spacial score (nSPS) is 13.7. The van der Waals surface area contributed by atoms with Crippen molar-refractivity contribution in [1.82, 2.24) is 4.90 Å². The Kier molecular flexibility index (Phi) is 4.88. The number of benzene rings is 3. The molecule has 0 radical (unpaired) electrons. The Bertz CT molecular complexity index is 1270. The minimum absolute atomic E-state index is 0.0713. The Morgan fingerprint density at radius 1 is 0.767 bits per heavy atom. The van der Waals surface area contributed by atoms with Gasteiger partial charge in [-0.1, -0.05) is 18.2 Å². The highest BCUT2D eigenvalue weighted by Crippen LogP contribution is 2.26. The van der Waals surface area contributed by atoms with Crippen molar-refractivity contribution in [3.05, 3.63) is 83.9 Å². The monoisotopic (exact) mass is 420 g/mol. The molecule has 1 N–H and O–H groups in total. The largest absolute Gasteiger partial charge is 0.280 e. The van der Waals surface area contributed by atoms with Crippen LogP contribution in [0.5, 0.6) is 0 Å². The van der Waals surface area contributed by atoms with Gasteiger partial charge in [-0.25, -0.2) is 8.42 Å². The molecule has 0 saturated heterocycles. The first-order valence-corrected chi connectivity index (χ1v) is 10.4. The molecule has 2 amide bonds. The predicted molar refractivity (Wildman–Crippen MR) is 111 cm³/mol. The van der Waals surface area contributed by atoms with E-state index >= 15 is 0 Å². The van der Waals surface area contributed by atoms with Crippen LogP contribution < -0.4 is 4.72 Å². The summed E-state index contributed by atoms with van der Waals surface area (Å²) in [5.41, 5.74) is 1.86. The van der Waals surface area contributed by atoms with Gasteiger partial charge >= 0.3 is 0 Å². The number of azo groups is 1. The summed E-state index contributed by atoms with van der Waals surface area (Å²) in [5, 5.41) is 8.21. The maximum absolute atomic E-state index is 12.7. The molecule has 1 aliphatic heterocycles. The summed E-state index contributed by atoms with van der Waals surface area (Å²) < 4.78 is 27.9. The molecule has 0 aliphatic carbocycles. The number of imide groups is 1. The van der Waals surface area contributed by atoms with Gasteiger partial charge in [0.05, 0.1) is 27.4 Å². The average molecular weight is 420 g/mol. The van der Waals surface area contributed by atoms with Crippen LogP contribution >= 0.6 is 0 Å². The Morgan fingerprint density at radius 2 is 1.37 bits per heavy atom. The number of carbonyl (C=O) groups is 2. The molecule has 9 heteroatoms. The molecule has 0 bridgehead atoms. The van der Waals surface area contributed by atoms with Crippen molar-refractivity contribution in [3.63, 3.8) is 0 Å². The second kappa shape index (κ2) is 7.53. The number of sulfonamides is 1. The van der Waals surface area contributed by atoms with Crippen LogP contribution in [0.4, 0.5) is 17.1 Å². The minimum atomic E-state index is -3.95. The van der Waals surface area contributed by atoms with Crippen molar-refractivity contribution in [1.29, 1.82) is 0 Å².